The first kappa shape index (κ1) is 8.27. The van der Waals surface area contributed by atoms with Gasteiger partial charge in [0, 0.05) is 5.57 Å². The Morgan fingerprint density at radius 1 is 1.82 bits per heavy atom. The number of rotatable bonds is 1. The molecule has 62 valence electrons. The Kier molecular flexibility index (Phi) is 2.29. The number of carbonyl (C=O) groups excluding carboxylic acids is 1. The van der Waals surface area contributed by atoms with Crippen LogP contribution in [0.5, 0.6) is 0 Å². The van der Waals surface area contributed by atoms with E-state index in [2.05, 4.69) is 4.74 Å². The van der Waals surface area contributed by atoms with Crippen molar-refractivity contribution in [1.82, 2.24) is 0 Å². The fourth-order valence-electron chi connectivity index (χ4n) is 1.19. The van der Waals surface area contributed by atoms with Gasteiger partial charge in [0.05, 0.1) is 13.2 Å². The highest BCUT2D eigenvalue weighted by molar-refractivity contribution is 5.89. The molecule has 1 aliphatic rings. The second-order valence-corrected chi connectivity index (χ2v) is 2.86. The van der Waals surface area contributed by atoms with Crippen molar-refractivity contribution in [3.8, 4) is 0 Å². The summed E-state index contributed by atoms with van der Waals surface area (Å²) in [6, 6.07) is 0. The number of carbonyl (C=O) groups is 1. The molecule has 11 heavy (non-hydrogen) atoms. The minimum Gasteiger partial charge on any atom is -0.466 e. The van der Waals surface area contributed by atoms with Crippen LogP contribution in [-0.4, -0.2) is 24.3 Å². The Labute approximate surface area is 65.7 Å². The molecule has 1 rings (SSSR count). The van der Waals surface area contributed by atoms with E-state index in [9.17, 15) is 9.90 Å². The van der Waals surface area contributed by atoms with Crippen LogP contribution >= 0.6 is 0 Å². The Bertz CT molecular complexity index is 196. The lowest BCUT2D eigenvalue weighted by molar-refractivity contribution is -0.136. The summed E-state index contributed by atoms with van der Waals surface area (Å²) in [5.74, 6) is -0.183. The molecule has 0 amide bonds. The number of hydrogen-bond donors (Lipinski definition) is 1. The molecule has 0 aromatic heterocycles. The fraction of sp³-hybridized carbons (Fsp3) is 0.625. The molecular formula is C8H12O3. The van der Waals surface area contributed by atoms with Gasteiger partial charge in [0.25, 0.3) is 0 Å². The summed E-state index contributed by atoms with van der Waals surface area (Å²) in [5.41, 5.74) is 0.590. The Hall–Kier alpha value is -0.830. The highest BCUT2D eigenvalue weighted by atomic mass is 16.5. The Balaban J connectivity index is 2.63. The van der Waals surface area contributed by atoms with Crippen molar-refractivity contribution in [3.05, 3.63) is 11.6 Å². The number of hydrogen-bond acceptors (Lipinski definition) is 3. The van der Waals surface area contributed by atoms with E-state index in [-0.39, 0.29) is 11.9 Å². The summed E-state index contributed by atoms with van der Waals surface area (Å²) in [5, 5.41) is 9.23. The van der Waals surface area contributed by atoms with Gasteiger partial charge < -0.3 is 9.84 Å². The molecule has 1 aliphatic carbocycles. The van der Waals surface area contributed by atoms with E-state index in [0.29, 0.717) is 12.0 Å². The van der Waals surface area contributed by atoms with Crippen molar-refractivity contribution in [2.24, 2.45) is 5.92 Å². The third-order valence-corrected chi connectivity index (χ3v) is 1.94. The van der Waals surface area contributed by atoms with E-state index in [0.717, 1.165) is 0 Å². The van der Waals surface area contributed by atoms with Crippen LogP contribution in [0.2, 0.25) is 0 Å². The SMILES string of the molecule is COC(=O)C1=C[C@@H](O)[C@@H](C)C1. The van der Waals surface area contributed by atoms with E-state index in [4.69, 9.17) is 0 Å². The predicted molar refractivity (Wildman–Crippen MR) is 39.9 cm³/mol. The smallest absolute Gasteiger partial charge is 0.333 e. The molecule has 1 N–H and O–H groups in total. The quantitative estimate of drug-likeness (QED) is 0.562. The monoisotopic (exact) mass is 156 g/mol. The standard InChI is InChI=1S/C8H12O3/c1-5-3-6(4-7(5)9)8(10)11-2/h4-5,7,9H,3H2,1-2H3/t5-,7+/m0/s1. The lowest BCUT2D eigenvalue weighted by Gasteiger charge is -2.04. The third kappa shape index (κ3) is 1.60. The Morgan fingerprint density at radius 2 is 2.45 bits per heavy atom. The molecular weight excluding hydrogens is 144 g/mol. The number of aliphatic hydroxyl groups is 1. The fourth-order valence-corrected chi connectivity index (χ4v) is 1.19. The maximum absolute atomic E-state index is 10.9. The topological polar surface area (TPSA) is 46.5 Å². The van der Waals surface area contributed by atoms with Crippen LogP contribution in [0.4, 0.5) is 0 Å². The molecule has 0 bridgehead atoms. The first-order chi connectivity index (χ1) is 5.15. The summed E-state index contributed by atoms with van der Waals surface area (Å²) >= 11 is 0. The van der Waals surface area contributed by atoms with E-state index >= 15 is 0 Å². The molecule has 2 atom stereocenters. The lowest BCUT2D eigenvalue weighted by atomic mass is 10.1. The van der Waals surface area contributed by atoms with Gasteiger partial charge in [-0.15, -0.1) is 0 Å². The molecule has 0 fully saturated rings. The van der Waals surface area contributed by atoms with Crippen LogP contribution in [0.1, 0.15) is 13.3 Å². The zero-order chi connectivity index (χ0) is 8.43. The van der Waals surface area contributed by atoms with Crippen molar-refractivity contribution in [1.29, 1.82) is 0 Å². The van der Waals surface area contributed by atoms with Gasteiger partial charge in [0.1, 0.15) is 0 Å². The van der Waals surface area contributed by atoms with Crippen LogP contribution in [0, 0.1) is 5.92 Å². The average Bonchev–Trinajstić information content (AvgIpc) is 2.31. The van der Waals surface area contributed by atoms with E-state index in [1.807, 2.05) is 6.92 Å². The van der Waals surface area contributed by atoms with Crippen LogP contribution in [0.3, 0.4) is 0 Å². The number of methoxy groups -OCH3 is 1. The minimum atomic E-state index is -0.482. The number of esters is 1. The Morgan fingerprint density at radius 3 is 2.82 bits per heavy atom. The van der Waals surface area contributed by atoms with Gasteiger partial charge >= 0.3 is 5.97 Å². The molecule has 0 aromatic carbocycles. The molecule has 0 aromatic rings. The molecule has 0 spiro atoms. The average molecular weight is 156 g/mol. The maximum Gasteiger partial charge on any atom is 0.333 e. The van der Waals surface area contributed by atoms with Gasteiger partial charge in [-0.05, 0) is 18.4 Å². The summed E-state index contributed by atoms with van der Waals surface area (Å²) in [7, 11) is 1.35. The highest BCUT2D eigenvalue weighted by Gasteiger charge is 2.25. The van der Waals surface area contributed by atoms with E-state index in [1.54, 1.807) is 6.08 Å². The molecule has 0 unspecified atom stereocenters. The number of ether oxygens (including phenoxy) is 1. The first-order valence-corrected chi connectivity index (χ1v) is 3.62. The largest absolute Gasteiger partial charge is 0.466 e. The van der Waals surface area contributed by atoms with Crippen molar-refractivity contribution in [3.63, 3.8) is 0 Å². The van der Waals surface area contributed by atoms with Crippen LogP contribution in [-0.2, 0) is 9.53 Å². The summed E-state index contributed by atoms with van der Waals surface area (Å²) in [6.45, 7) is 1.90. The van der Waals surface area contributed by atoms with Crippen molar-refractivity contribution in [2.45, 2.75) is 19.4 Å². The summed E-state index contributed by atoms with van der Waals surface area (Å²) < 4.78 is 4.51. The maximum atomic E-state index is 10.9. The predicted octanol–water partition coefficient (Wildman–Crippen LogP) is 0.486. The minimum absolute atomic E-state index is 0.143. The van der Waals surface area contributed by atoms with Gasteiger partial charge in [-0.3, -0.25) is 0 Å². The molecule has 3 nitrogen and oxygen atoms in total. The summed E-state index contributed by atoms with van der Waals surface area (Å²) in [4.78, 5) is 10.9. The van der Waals surface area contributed by atoms with Crippen molar-refractivity contribution >= 4 is 5.97 Å². The van der Waals surface area contributed by atoms with E-state index < -0.39 is 6.10 Å². The zero-order valence-corrected chi connectivity index (χ0v) is 6.70. The molecule has 0 saturated carbocycles. The first-order valence-electron chi connectivity index (χ1n) is 3.62. The van der Waals surface area contributed by atoms with Crippen molar-refractivity contribution < 1.29 is 14.6 Å². The van der Waals surface area contributed by atoms with Gasteiger partial charge in [-0.25, -0.2) is 4.79 Å². The second-order valence-electron chi connectivity index (χ2n) is 2.86. The van der Waals surface area contributed by atoms with Gasteiger partial charge in [-0.1, -0.05) is 6.92 Å². The molecule has 0 radical (unpaired) electrons. The molecule has 0 aliphatic heterocycles. The highest BCUT2D eigenvalue weighted by Crippen LogP contribution is 2.25. The number of aliphatic hydroxyl groups excluding tert-OH is 1. The van der Waals surface area contributed by atoms with Gasteiger partial charge in [-0.2, -0.15) is 0 Å². The molecule has 0 saturated heterocycles. The van der Waals surface area contributed by atoms with Gasteiger partial charge in [0.2, 0.25) is 0 Å². The molecule has 0 heterocycles. The van der Waals surface area contributed by atoms with Crippen LogP contribution in [0.25, 0.3) is 0 Å². The molecule has 3 heteroatoms. The third-order valence-electron chi connectivity index (χ3n) is 1.94. The summed E-state index contributed by atoms with van der Waals surface area (Å²) in [6.07, 6.45) is 1.70. The van der Waals surface area contributed by atoms with Crippen molar-refractivity contribution in [2.75, 3.05) is 7.11 Å². The zero-order valence-electron chi connectivity index (χ0n) is 6.70. The normalized spacial score (nSPS) is 29.9. The van der Waals surface area contributed by atoms with E-state index in [1.165, 1.54) is 7.11 Å². The van der Waals surface area contributed by atoms with Gasteiger partial charge in [0.15, 0.2) is 0 Å². The lowest BCUT2D eigenvalue weighted by Crippen LogP contribution is -2.08. The second kappa shape index (κ2) is 3.05. The van der Waals surface area contributed by atoms with Crippen LogP contribution < -0.4 is 0 Å². The van der Waals surface area contributed by atoms with Crippen LogP contribution in [0.15, 0.2) is 11.6 Å².